The largest absolute Gasteiger partial charge is 0.444 e. The number of carbonyl (C=O) groups excluding carboxylic acids is 1. The van der Waals surface area contributed by atoms with Gasteiger partial charge in [0.25, 0.3) is 0 Å². The van der Waals surface area contributed by atoms with Gasteiger partial charge >= 0.3 is 6.09 Å². The molecule has 0 aromatic heterocycles. The highest BCUT2D eigenvalue weighted by Crippen LogP contribution is 2.31. The number of hydrogen-bond acceptors (Lipinski definition) is 4. The van der Waals surface area contributed by atoms with Crippen LogP contribution in [0.15, 0.2) is 0 Å². The van der Waals surface area contributed by atoms with Crippen molar-refractivity contribution in [1.29, 1.82) is 0 Å². The van der Waals surface area contributed by atoms with E-state index >= 15 is 0 Å². The third kappa shape index (κ3) is 4.63. The molecule has 2 N–H and O–H groups in total. The first-order valence-electron chi connectivity index (χ1n) is 9.89. The van der Waals surface area contributed by atoms with Gasteiger partial charge in [-0.1, -0.05) is 12.8 Å². The normalized spacial score (nSPS) is 29.6. The molecule has 0 bridgehead atoms. The molecular weight excluding hydrogens is 302 g/mol. The molecule has 0 aromatic carbocycles. The van der Waals surface area contributed by atoms with Crippen molar-refractivity contribution in [3.63, 3.8) is 0 Å². The molecule has 0 radical (unpaired) electrons. The maximum atomic E-state index is 12.0. The van der Waals surface area contributed by atoms with Crippen molar-refractivity contribution in [3.8, 4) is 0 Å². The molecule has 3 rings (SSSR count). The highest BCUT2D eigenvalue weighted by molar-refractivity contribution is 5.67. The highest BCUT2D eigenvalue weighted by atomic mass is 16.6. The molecular formula is C19H35N3O2. The summed E-state index contributed by atoms with van der Waals surface area (Å²) in [6.45, 7) is 8.92. The van der Waals surface area contributed by atoms with E-state index in [0.29, 0.717) is 24.5 Å². The summed E-state index contributed by atoms with van der Waals surface area (Å²) >= 11 is 0. The number of ether oxygens (including phenoxy) is 1. The second-order valence-electron chi connectivity index (χ2n) is 8.84. The number of fused-ring (bicyclic) bond motifs is 1. The topological polar surface area (TPSA) is 53.6 Å². The van der Waals surface area contributed by atoms with Gasteiger partial charge in [-0.2, -0.15) is 0 Å². The third-order valence-electron chi connectivity index (χ3n) is 5.87. The van der Waals surface area contributed by atoms with E-state index in [1.165, 1.54) is 58.0 Å². The lowest BCUT2D eigenvalue weighted by Gasteiger charge is -2.31. The number of nitrogens with zero attached hydrogens (tertiary/aromatic N) is 1. The summed E-state index contributed by atoms with van der Waals surface area (Å²) in [6, 6.07) is 1.69. The number of nitrogens with one attached hydrogen (secondary N) is 2. The number of amides is 1. The zero-order valence-electron chi connectivity index (χ0n) is 15.6. The predicted molar refractivity (Wildman–Crippen MR) is 96.1 cm³/mol. The predicted octanol–water partition coefficient (Wildman–Crippen LogP) is 2.90. The van der Waals surface area contributed by atoms with Crippen molar-refractivity contribution in [2.75, 3.05) is 19.6 Å². The molecule has 3 unspecified atom stereocenters. The standard InChI is InChI=1S/C19H35N3O2/c1-19(2,3)24-18(23)20-13-16(14-7-4-5-8-14)21-15-10-12-22-11-6-9-17(15)22/h14-17,21H,4-13H2,1-3H3,(H,20,23). The van der Waals surface area contributed by atoms with Crippen molar-refractivity contribution >= 4 is 6.09 Å². The van der Waals surface area contributed by atoms with Crippen molar-refractivity contribution in [1.82, 2.24) is 15.5 Å². The van der Waals surface area contributed by atoms with Gasteiger partial charge in [0.05, 0.1) is 0 Å². The van der Waals surface area contributed by atoms with Crippen LogP contribution in [0.2, 0.25) is 0 Å². The fraction of sp³-hybridized carbons (Fsp3) is 0.947. The summed E-state index contributed by atoms with van der Waals surface area (Å²) in [5, 5.41) is 6.95. The van der Waals surface area contributed by atoms with E-state index in [9.17, 15) is 4.79 Å². The number of alkyl carbamates (subject to hydrolysis) is 1. The average molecular weight is 338 g/mol. The number of rotatable bonds is 5. The lowest BCUT2D eigenvalue weighted by atomic mass is 9.95. The molecule has 1 saturated carbocycles. The van der Waals surface area contributed by atoms with E-state index < -0.39 is 5.60 Å². The minimum Gasteiger partial charge on any atom is -0.444 e. The van der Waals surface area contributed by atoms with Crippen LogP contribution in [0.3, 0.4) is 0 Å². The minimum absolute atomic E-state index is 0.291. The Kier molecular flexibility index (Phi) is 5.70. The van der Waals surface area contributed by atoms with Gasteiger partial charge in [0.15, 0.2) is 0 Å². The van der Waals surface area contributed by atoms with Crippen LogP contribution in [0.5, 0.6) is 0 Å². The molecule has 0 aromatic rings. The lowest BCUT2D eigenvalue weighted by molar-refractivity contribution is 0.0516. The summed E-state index contributed by atoms with van der Waals surface area (Å²) in [6.07, 6.45) is 8.86. The second kappa shape index (κ2) is 7.61. The first-order chi connectivity index (χ1) is 11.4. The Morgan fingerprint density at radius 3 is 2.58 bits per heavy atom. The van der Waals surface area contributed by atoms with Gasteiger partial charge < -0.3 is 15.4 Å². The Morgan fingerprint density at radius 1 is 1.12 bits per heavy atom. The molecule has 3 fully saturated rings. The zero-order valence-corrected chi connectivity index (χ0v) is 15.6. The van der Waals surface area contributed by atoms with Crippen LogP contribution in [0.1, 0.15) is 65.7 Å². The monoisotopic (exact) mass is 337 g/mol. The molecule has 5 heteroatoms. The summed E-state index contributed by atoms with van der Waals surface area (Å²) in [5.74, 6) is 0.690. The Balaban J connectivity index is 1.54. The SMILES string of the molecule is CC(C)(C)OC(=O)NCC(NC1CCN2CCCC12)C1CCCC1. The van der Waals surface area contributed by atoms with Crippen LogP contribution >= 0.6 is 0 Å². The van der Waals surface area contributed by atoms with Crippen molar-refractivity contribution in [2.24, 2.45) is 5.92 Å². The summed E-state index contributed by atoms with van der Waals surface area (Å²) in [7, 11) is 0. The molecule has 1 aliphatic carbocycles. The minimum atomic E-state index is -0.434. The molecule has 24 heavy (non-hydrogen) atoms. The molecule has 0 spiro atoms. The van der Waals surface area contributed by atoms with Gasteiger partial charge in [-0.05, 0) is 65.3 Å². The van der Waals surface area contributed by atoms with Crippen LogP contribution < -0.4 is 10.6 Å². The highest BCUT2D eigenvalue weighted by Gasteiger charge is 2.39. The molecule has 2 aliphatic heterocycles. The molecule has 5 nitrogen and oxygen atoms in total. The van der Waals surface area contributed by atoms with Crippen molar-refractivity contribution in [2.45, 2.75) is 89.4 Å². The Hall–Kier alpha value is -0.810. The van der Waals surface area contributed by atoms with E-state index in [1.807, 2.05) is 20.8 Å². The van der Waals surface area contributed by atoms with Gasteiger partial charge in [-0.15, -0.1) is 0 Å². The van der Waals surface area contributed by atoms with Crippen LogP contribution in [-0.2, 0) is 4.74 Å². The molecule has 2 heterocycles. The van der Waals surface area contributed by atoms with Crippen molar-refractivity contribution < 1.29 is 9.53 Å². The maximum absolute atomic E-state index is 12.0. The van der Waals surface area contributed by atoms with Gasteiger partial charge in [0.1, 0.15) is 5.60 Å². The first kappa shape index (κ1) is 18.0. The van der Waals surface area contributed by atoms with Gasteiger partial charge in [-0.3, -0.25) is 4.90 Å². The molecule has 1 amide bonds. The van der Waals surface area contributed by atoms with E-state index in [-0.39, 0.29) is 6.09 Å². The van der Waals surface area contributed by atoms with E-state index in [4.69, 9.17) is 4.74 Å². The number of hydrogen-bond donors (Lipinski definition) is 2. The third-order valence-corrected chi connectivity index (χ3v) is 5.87. The van der Waals surface area contributed by atoms with E-state index in [2.05, 4.69) is 15.5 Å². The van der Waals surface area contributed by atoms with Gasteiger partial charge in [-0.25, -0.2) is 4.79 Å². The quantitative estimate of drug-likeness (QED) is 0.810. The van der Waals surface area contributed by atoms with Gasteiger partial charge in [0, 0.05) is 31.2 Å². The summed E-state index contributed by atoms with van der Waals surface area (Å²) in [4.78, 5) is 14.7. The second-order valence-corrected chi connectivity index (χ2v) is 8.84. The fourth-order valence-corrected chi connectivity index (χ4v) is 4.78. The molecule has 2 saturated heterocycles. The first-order valence-corrected chi connectivity index (χ1v) is 9.89. The van der Waals surface area contributed by atoms with E-state index in [0.717, 1.165) is 6.04 Å². The lowest BCUT2D eigenvalue weighted by Crippen LogP contribution is -2.52. The molecule has 3 atom stereocenters. The van der Waals surface area contributed by atoms with E-state index in [1.54, 1.807) is 0 Å². The Labute approximate surface area is 146 Å². The maximum Gasteiger partial charge on any atom is 0.407 e. The van der Waals surface area contributed by atoms with Crippen molar-refractivity contribution in [3.05, 3.63) is 0 Å². The van der Waals surface area contributed by atoms with Crippen LogP contribution in [0.4, 0.5) is 4.79 Å². The Morgan fingerprint density at radius 2 is 1.88 bits per heavy atom. The average Bonchev–Trinajstić information content (AvgIpc) is 3.20. The zero-order chi connectivity index (χ0) is 17.2. The smallest absolute Gasteiger partial charge is 0.407 e. The van der Waals surface area contributed by atoms with Crippen LogP contribution in [0.25, 0.3) is 0 Å². The molecule has 138 valence electrons. The van der Waals surface area contributed by atoms with Gasteiger partial charge in [0.2, 0.25) is 0 Å². The molecule has 3 aliphatic rings. The van der Waals surface area contributed by atoms with Crippen LogP contribution in [-0.4, -0.2) is 54.4 Å². The Bertz CT molecular complexity index is 429. The van der Waals surface area contributed by atoms with Crippen LogP contribution in [0, 0.1) is 5.92 Å². The summed E-state index contributed by atoms with van der Waals surface area (Å²) in [5.41, 5.74) is -0.434. The summed E-state index contributed by atoms with van der Waals surface area (Å²) < 4.78 is 5.40. The number of carbonyl (C=O) groups is 1. The fourth-order valence-electron chi connectivity index (χ4n) is 4.78.